The van der Waals surface area contributed by atoms with Crippen LogP contribution in [0.3, 0.4) is 0 Å². The minimum Gasteiger partial charge on any atom is -0.349 e. The topological polar surface area (TPSA) is 67.2 Å². The van der Waals surface area contributed by atoms with Crippen molar-refractivity contribution in [2.75, 3.05) is 13.1 Å². The first-order chi connectivity index (χ1) is 14.1. The Balaban J connectivity index is 1.68. The van der Waals surface area contributed by atoms with Crippen LogP contribution in [0, 0.1) is 12.8 Å². The van der Waals surface area contributed by atoms with Crippen LogP contribution in [0.2, 0.25) is 0 Å². The number of amides is 2. The van der Waals surface area contributed by atoms with Crippen LogP contribution in [0.4, 0.5) is 13.2 Å². The third-order valence-electron chi connectivity index (χ3n) is 5.31. The number of halogens is 3. The van der Waals surface area contributed by atoms with Gasteiger partial charge in [-0.25, -0.2) is 4.68 Å². The van der Waals surface area contributed by atoms with Crippen molar-refractivity contribution >= 4 is 11.8 Å². The molecule has 162 valence electrons. The van der Waals surface area contributed by atoms with Crippen LogP contribution in [0.25, 0.3) is 5.69 Å². The summed E-state index contributed by atoms with van der Waals surface area (Å²) < 4.78 is 40.3. The number of rotatable bonds is 4. The maximum atomic E-state index is 13.0. The predicted octanol–water partition coefficient (Wildman–Crippen LogP) is 3.58. The van der Waals surface area contributed by atoms with Crippen molar-refractivity contribution in [3.63, 3.8) is 0 Å². The lowest BCUT2D eigenvalue weighted by Gasteiger charge is -2.33. The van der Waals surface area contributed by atoms with Gasteiger partial charge in [-0.3, -0.25) is 9.59 Å². The zero-order chi connectivity index (χ0) is 22.1. The van der Waals surface area contributed by atoms with Crippen LogP contribution in [-0.4, -0.2) is 45.6 Å². The summed E-state index contributed by atoms with van der Waals surface area (Å²) in [6.45, 7) is 6.54. The highest BCUT2D eigenvalue weighted by molar-refractivity contribution is 5.95. The van der Waals surface area contributed by atoms with Crippen LogP contribution in [0.5, 0.6) is 0 Å². The smallest absolute Gasteiger partial charge is 0.349 e. The fraction of sp³-hybridized carbons (Fsp3) is 0.476. The highest BCUT2D eigenvalue weighted by Crippen LogP contribution is 2.30. The van der Waals surface area contributed by atoms with Gasteiger partial charge in [0.05, 0.1) is 28.7 Å². The van der Waals surface area contributed by atoms with Gasteiger partial charge in [0.25, 0.3) is 5.91 Å². The van der Waals surface area contributed by atoms with Gasteiger partial charge in [-0.15, -0.1) is 0 Å². The van der Waals surface area contributed by atoms with Crippen molar-refractivity contribution in [1.82, 2.24) is 20.0 Å². The van der Waals surface area contributed by atoms with Gasteiger partial charge in [-0.05, 0) is 38.0 Å². The van der Waals surface area contributed by atoms with Gasteiger partial charge in [0.15, 0.2) is 0 Å². The molecule has 1 fully saturated rings. The Morgan fingerprint density at radius 3 is 2.47 bits per heavy atom. The highest BCUT2D eigenvalue weighted by Gasteiger charge is 2.31. The molecule has 0 radical (unpaired) electrons. The normalized spacial score (nSPS) is 15.5. The molecule has 1 N–H and O–H groups in total. The standard InChI is InChI=1S/C21H25F3N4O2/c1-13(2)20(30)27-9-7-16(8-10-27)26-19(29)18-12-25-28(14(18)3)17-6-4-5-15(11-17)21(22,23)24/h4-6,11-13,16H,7-10H2,1-3H3,(H,26,29). The molecule has 2 aromatic rings. The lowest BCUT2D eigenvalue weighted by molar-refractivity contribution is -0.137. The molecular weight excluding hydrogens is 397 g/mol. The summed E-state index contributed by atoms with van der Waals surface area (Å²) >= 11 is 0. The van der Waals surface area contributed by atoms with Crippen LogP contribution >= 0.6 is 0 Å². The summed E-state index contributed by atoms with van der Waals surface area (Å²) in [5.74, 6) is -0.266. The maximum Gasteiger partial charge on any atom is 0.416 e. The van der Waals surface area contributed by atoms with Gasteiger partial charge >= 0.3 is 6.18 Å². The number of carbonyl (C=O) groups excluding carboxylic acids is 2. The number of hydrogen-bond acceptors (Lipinski definition) is 3. The van der Waals surface area contributed by atoms with Crippen molar-refractivity contribution in [3.8, 4) is 5.69 Å². The number of piperidine rings is 1. The van der Waals surface area contributed by atoms with Crippen molar-refractivity contribution in [2.24, 2.45) is 5.92 Å². The van der Waals surface area contributed by atoms with E-state index >= 15 is 0 Å². The maximum absolute atomic E-state index is 13.0. The number of carbonyl (C=O) groups is 2. The molecule has 2 heterocycles. The fourth-order valence-corrected chi connectivity index (χ4v) is 3.58. The number of likely N-dealkylation sites (tertiary alicyclic amines) is 1. The SMILES string of the molecule is Cc1c(C(=O)NC2CCN(C(=O)C(C)C)CC2)cnn1-c1cccc(C(F)(F)F)c1. The van der Waals surface area contributed by atoms with E-state index < -0.39 is 11.7 Å². The molecule has 0 aliphatic carbocycles. The summed E-state index contributed by atoms with van der Waals surface area (Å²) in [4.78, 5) is 26.6. The van der Waals surface area contributed by atoms with E-state index in [2.05, 4.69) is 10.4 Å². The van der Waals surface area contributed by atoms with E-state index in [-0.39, 0.29) is 29.5 Å². The first-order valence-corrected chi connectivity index (χ1v) is 9.90. The molecule has 1 aromatic carbocycles. The predicted molar refractivity (Wildman–Crippen MR) is 105 cm³/mol. The molecule has 1 aromatic heterocycles. The van der Waals surface area contributed by atoms with Crippen molar-refractivity contribution < 1.29 is 22.8 Å². The number of nitrogens with zero attached hydrogens (tertiary/aromatic N) is 3. The Kier molecular flexibility index (Phi) is 6.19. The second kappa shape index (κ2) is 8.49. The minimum atomic E-state index is -4.46. The second-order valence-corrected chi connectivity index (χ2v) is 7.83. The van der Waals surface area contributed by atoms with Crippen LogP contribution < -0.4 is 5.32 Å². The highest BCUT2D eigenvalue weighted by atomic mass is 19.4. The Morgan fingerprint density at radius 1 is 1.20 bits per heavy atom. The van der Waals surface area contributed by atoms with E-state index in [1.54, 1.807) is 6.92 Å². The number of benzene rings is 1. The van der Waals surface area contributed by atoms with E-state index in [4.69, 9.17) is 0 Å². The molecule has 9 heteroatoms. The van der Waals surface area contributed by atoms with Gasteiger partial charge in [0.2, 0.25) is 5.91 Å². The first-order valence-electron chi connectivity index (χ1n) is 9.90. The van der Waals surface area contributed by atoms with Crippen molar-refractivity contribution in [3.05, 3.63) is 47.3 Å². The average Bonchev–Trinajstić information content (AvgIpc) is 3.09. The molecule has 3 rings (SSSR count). The largest absolute Gasteiger partial charge is 0.416 e. The van der Waals surface area contributed by atoms with E-state index in [0.717, 1.165) is 12.1 Å². The van der Waals surface area contributed by atoms with Gasteiger partial charge in [0.1, 0.15) is 0 Å². The summed E-state index contributed by atoms with van der Waals surface area (Å²) in [7, 11) is 0. The Morgan fingerprint density at radius 2 is 1.87 bits per heavy atom. The van der Waals surface area contributed by atoms with Crippen molar-refractivity contribution in [1.29, 1.82) is 0 Å². The van der Waals surface area contributed by atoms with E-state index in [1.165, 1.54) is 23.0 Å². The lowest BCUT2D eigenvalue weighted by atomic mass is 10.0. The third kappa shape index (κ3) is 4.66. The molecule has 0 spiro atoms. The van der Waals surface area contributed by atoms with Crippen LogP contribution in [-0.2, 0) is 11.0 Å². The first kappa shape index (κ1) is 21.9. The summed E-state index contributed by atoms with van der Waals surface area (Å²) in [6.07, 6.45) is -1.78. The van der Waals surface area contributed by atoms with Gasteiger partial charge < -0.3 is 10.2 Å². The third-order valence-corrected chi connectivity index (χ3v) is 5.31. The van der Waals surface area contributed by atoms with Gasteiger partial charge in [0, 0.05) is 25.0 Å². The van der Waals surface area contributed by atoms with Gasteiger partial charge in [-0.1, -0.05) is 19.9 Å². The average molecular weight is 422 g/mol. The quantitative estimate of drug-likeness (QED) is 0.819. The molecule has 1 aliphatic heterocycles. The Labute approximate surface area is 173 Å². The Bertz CT molecular complexity index is 929. The molecule has 0 bridgehead atoms. The van der Waals surface area contributed by atoms with E-state index in [9.17, 15) is 22.8 Å². The lowest BCUT2D eigenvalue weighted by Crippen LogP contribution is -2.47. The molecule has 0 atom stereocenters. The number of alkyl halides is 3. The van der Waals surface area contributed by atoms with Crippen molar-refractivity contribution in [2.45, 2.75) is 45.8 Å². The van der Waals surface area contributed by atoms with Crippen LogP contribution in [0.15, 0.2) is 30.5 Å². The zero-order valence-corrected chi connectivity index (χ0v) is 17.2. The molecule has 1 aliphatic rings. The number of aromatic nitrogens is 2. The molecule has 0 saturated carbocycles. The molecule has 30 heavy (non-hydrogen) atoms. The fourth-order valence-electron chi connectivity index (χ4n) is 3.58. The van der Waals surface area contributed by atoms with Gasteiger partial charge in [-0.2, -0.15) is 18.3 Å². The molecular formula is C21H25F3N4O2. The minimum absolute atomic E-state index is 0.0551. The molecule has 0 unspecified atom stereocenters. The summed E-state index contributed by atoms with van der Waals surface area (Å²) in [5, 5.41) is 7.07. The zero-order valence-electron chi connectivity index (χ0n) is 17.2. The summed E-state index contributed by atoms with van der Waals surface area (Å²) in [5.41, 5.74) is 0.234. The molecule has 1 saturated heterocycles. The van der Waals surface area contributed by atoms with E-state index in [1.807, 2.05) is 18.7 Å². The number of hydrogen-bond donors (Lipinski definition) is 1. The molecule has 6 nitrogen and oxygen atoms in total. The van der Waals surface area contributed by atoms with Crippen LogP contribution in [0.1, 0.15) is 48.3 Å². The number of nitrogens with one attached hydrogen (secondary N) is 1. The second-order valence-electron chi connectivity index (χ2n) is 7.83. The monoisotopic (exact) mass is 422 g/mol. The summed E-state index contributed by atoms with van der Waals surface area (Å²) in [6, 6.07) is 4.75. The molecule has 2 amide bonds. The Hall–Kier alpha value is -2.84. The van der Waals surface area contributed by atoms with E-state index in [0.29, 0.717) is 37.2 Å².